The molecule has 0 heterocycles. The van der Waals surface area contributed by atoms with Crippen molar-refractivity contribution in [1.29, 1.82) is 0 Å². The fourth-order valence-corrected chi connectivity index (χ4v) is 3.43. The minimum absolute atomic E-state index is 0.0145. The largest absolute Gasteiger partial charge is 0.488 e. The Morgan fingerprint density at radius 1 is 1.12 bits per heavy atom. The van der Waals surface area contributed by atoms with Gasteiger partial charge in [-0.15, -0.1) is 0 Å². The van der Waals surface area contributed by atoms with E-state index in [4.69, 9.17) is 4.74 Å². The first-order valence-electron chi connectivity index (χ1n) is 8.82. The molecule has 0 aliphatic carbocycles. The molecule has 2 rings (SSSR count). The molecule has 3 nitrogen and oxygen atoms in total. The molecule has 0 aliphatic rings. The fourth-order valence-electron chi connectivity index (χ4n) is 2.78. The molecule has 0 aliphatic heterocycles. The zero-order valence-corrected chi connectivity index (χ0v) is 17.6. The van der Waals surface area contributed by atoms with E-state index in [1.807, 2.05) is 25.1 Å². The summed E-state index contributed by atoms with van der Waals surface area (Å²) in [5.74, 6) is 0.949. The summed E-state index contributed by atoms with van der Waals surface area (Å²) in [7, 11) is 0. The Bertz CT molecular complexity index is 756. The van der Waals surface area contributed by atoms with Gasteiger partial charge in [-0.1, -0.05) is 32.9 Å². The Kier molecular flexibility index (Phi) is 7.29. The molecule has 2 aromatic carbocycles. The quantitative estimate of drug-likeness (QED) is 0.553. The van der Waals surface area contributed by atoms with Crippen LogP contribution in [-0.4, -0.2) is 5.91 Å². The number of hydrogen-bond acceptors (Lipinski definition) is 2. The van der Waals surface area contributed by atoms with Crippen LogP contribution in [0.3, 0.4) is 0 Å². The number of halogens is 1. The number of hydrogen-bond donors (Lipinski definition) is 1. The normalized spacial score (nSPS) is 10.6. The molecule has 1 amide bonds. The number of carbonyl (C=O) groups is 1. The van der Waals surface area contributed by atoms with E-state index < -0.39 is 0 Å². The van der Waals surface area contributed by atoms with Crippen molar-refractivity contribution < 1.29 is 9.53 Å². The van der Waals surface area contributed by atoms with Crippen LogP contribution in [0.4, 0.5) is 5.69 Å². The smallest absolute Gasteiger partial charge is 0.224 e. The molecule has 0 saturated carbocycles. The summed E-state index contributed by atoms with van der Waals surface area (Å²) in [5.41, 5.74) is 5.71. The van der Waals surface area contributed by atoms with Crippen LogP contribution in [0.15, 0.2) is 30.3 Å². The molecular weight excluding hydrogens is 425 g/mol. The molecule has 0 bridgehead atoms. The van der Waals surface area contributed by atoms with Crippen molar-refractivity contribution in [2.24, 2.45) is 0 Å². The molecule has 134 valence electrons. The Labute approximate surface area is 164 Å². The number of benzene rings is 2. The van der Waals surface area contributed by atoms with Gasteiger partial charge in [0.2, 0.25) is 5.91 Å². The van der Waals surface area contributed by atoms with Crippen LogP contribution in [0.25, 0.3) is 0 Å². The first kappa shape index (κ1) is 19.8. The van der Waals surface area contributed by atoms with Crippen molar-refractivity contribution in [2.75, 3.05) is 5.32 Å². The van der Waals surface area contributed by atoms with Gasteiger partial charge in [0.25, 0.3) is 0 Å². The van der Waals surface area contributed by atoms with E-state index in [1.165, 1.54) is 16.7 Å². The van der Waals surface area contributed by atoms with Crippen molar-refractivity contribution >= 4 is 34.2 Å². The highest BCUT2D eigenvalue weighted by atomic mass is 127. The van der Waals surface area contributed by atoms with Crippen LogP contribution >= 0.6 is 22.6 Å². The van der Waals surface area contributed by atoms with Gasteiger partial charge in [0.1, 0.15) is 12.4 Å². The number of carbonyl (C=O) groups excluding carboxylic acids is 1. The van der Waals surface area contributed by atoms with Crippen molar-refractivity contribution in [3.8, 4) is 5.75 Å². The SMILES string of the molecule is CCC(=O)Nc1cccc(I)c1COc1cc(C)c(CC)cc1CC. The first-order chi connectivity index (χ1) is 12.0. The number of amides is 1. The summed E-state index contributed by atoms with van der Waals surface area (Å²) in [6.45, 7) is 8.75. The zero-order valence-electron chi connectivity index (χ0n) is 15.4. The second-order valence-electron chi connectivity index (χ2n) is 6.05. The summed E-state index contributed by atoms with van der Waals surface area (Å²) >= 11 is 2.29. The van der Waals surface area contributed by atoms with Crippen LogP contribution in [0.5, 0.6) is 5.75 Å². The van der Waals surface area contributed by atoms with Gasteiger partial charge in [0, 0.05) is 21.2 Å². The molecular formula is C21H26INO2. The van der Waals surface area contributed by atoms with E-state index in [1.54, 1.807) is 0 Å². The maximum absolute atomic E-state index is 11.8. The van der Waals surface area contributed by atoms with Gasteiger partial charge in [0.15, 0.2) is 0 Å². The monoisotopic (exact) mass is 451 g/mol. The number of ether oxygens (including phenoxy) is 1. The minimum atomic E-state index is 0.0145. The van der Waals surface area contributed by atoms with Gasteiger partial charge in [-0.3, -0.25) is 4.79 Å². The summed E-state index contributed by atoms with van der Waals surface area (Å²) in [4.78, 5) is 11.8. The zero-order chi connectivity index (χ0) is 18.4. The molecule has 0 spiro atoms. The highest BCUT2D eigenvalue weighted by Gasteiger charge is 2.12. The molecule has 0 atom stereocenters. The number of anilines is 1. The Hall–Kier alpha value is -1.56. The highest BCUT2D eigenvalue weighted by molar-refractivity contribution is 14.1. The van der Waals surface area contributed by atoms with Crippen molar-refractivity contribution in [3.63, 3.8) is 0 Å². The van der Waals surface area contributed by atoms with Gasteiger partial charge in [0.05, 0.1) is 0 Å². The maximum atomic E-state index is 11.8. The molecule has 4 heteroatoms. The lowest BCUT2D eigenvalue weighted by Gasteiger charge is -2.17. The third-order valence-corrected chi connectivity index (χ3v) is 5.38. The van der Waals surface area contributed by atoms with Crippen LogP contribution in [-0.2, 0) is 24.2 Å². The van der Waals surface area contributed by atoms with E-state index in [0.29, 0.717) is 13.0 Å². The van der Waals surface area contributed by atoms with Crippen LogP contribution in [0, 0.1) is 10.5 Å². The number of aryl methyl sites for hydroxylation is 3. The average Bonchev–Trinajstić information content (AvgIpc) is 2.61. The molecule has 0 aromatic heterocycles. The van der Waals surface area contributed by atoms with E-state index in [2.05, 4.69) is 60.8 Å². The van der Waals surface area contributed by atoms with E-state index in [9.17, 15) is 4.79 Å². The fraction of sp³-hybridized carbons (Fsp3) is 0.381. The van der Waals surface area contributed by atoms with Gasteiger partial charge >= 0.3 is 0 Å². The molecule has 0 saturated heterocycles. The molecule has 1 N–H and O–H groups in total. The second kappa shape index (κ2) is 9.22. The van der Waals surface area contributed by atoms with E-state index >= 15 is 0 Å². The van der Waals surface area contributed by atoms with E-state index in [-0.39, 0.29) is 5.91 Å². The van der Waals surface area contributed by atoms with Gasteiger partial charge in [-0.05, 0) is 77.2 Å². The summed E-state index contributed by atoms with van der Waals surface area (Å²) in [5, 5.41) is 2.97. The van der Waals surface area contributed by atoms with Gasteiger partial charge in [-0.2, -0.15) is 0 Å². The average molecular weight is 451 g/mol. The molecule has 0 unspecified atom stereocenters. The third-order valence-electron chi connectivity index (χ3n) is 4.37. The topological polar surface area (TPSA) is 38.3 Å². The Morgan fingerprint density at radius 2 is 1.84 bits per heavy atom. The molecule has 2 aromatic rings. The lowest BCUT2D eigenvalue weighted by atomic mass is 10.0. The van der Waals surface area contributed by atoms with Crippen molar-refractivity contribution in [2.45, 2.75) is 53.6 Å². The number of rotatable bonds is 7. The Balaban J connectivity index is 2.27. The number of nitrogens with one attached hydrogen (secondary N) is 1. The van der Waals surface area contributed by atoms with Crippen molar-refractivity contribution in [1.82, 2.24) is 0 Å². The Morgan fingerprint density at radius 3 is 2.48 bits per heavy atom. The van der Waals surface area contributed by atoms with E-state index in [0.717, 1.165) is 33.4 Å². The van der Waals surface area contributed by atoms with Gasteiger partial charge < -0.3 is 10.1 Å². The minimum Gasteiger partial charge on any atom is -0.488 e. The van der Waals surface area contributed by atoms with Gasteiger partial charge in [-0.25, -0.2) is 0 Å². The summed E-state index contributed by atoms with van der Waals surface area (Å²) in [6, 6.07) is 10.3. The molecule has 25 heavy (non-hydrogen) atoms. The second-order valence-corrected chi connectivity index (χ2v) is 7.21. The van der Waals surface area contributed by atoms with Crippen molar-refractivity contribution in [3.05, 3.63) is 56.2 Å². The highest BCUT2D eigenvalue weighted by Crippen LogP contribution is 2.28. The van der Waals surface area contributed by atoms with Crippen LogP contribution in [0.2, 0.25) is 0 Å². The van der Waals surface area contributed by atoms with Crippen LogP contribution < -0.4 is 10.1 Å². The first-order valence-corrected chi connectivity index (χ1v) is 9.90. The summed E-state index contributed by atoms with van der Waals surface area (Å²) in [6.07, 6.45) is 2.43. The van der Waals surface area contributed by atoms with Crippen LogP contribution in [0.1, 0.15) is 49.4 Å². The lowest BCUT2D eigenvalue weighted by Crippen LogP contribution is -2.13. The maximum Gasteiger partial charge on any atom is 0.224 e. The third kappa shape index (κ3) is 4.97. The molecule has 0 radical (unpaired) electrons. The lowest BCUT2D eigenvalue weighted by molar-refractivity contribution is -0.115. The predicted molar refractivity (Wildman–Crippen MR) is 112 cm³/mol. The standard InChI is InChI=1S/C21H26INO2/c1-5-15-12-16(6-2)20(11-14(15)4)25-13-17-18(22)9-8-10-19(17)23-21(24)7-3/h8-12H,5-7,13H2,1-4H3,(H,23,24). The molecule has 0 fully saturated rings. The predicted octanol–water partition coefficient (Wildman–Crippen LogP) is 5.65. The summed E-state index contributed by atoms with van der Waals surface area (Å²) < 4.78 is 7.26.